The van der Waals surface area contributed by atoms with E-state index in [1.165, 1.54) is 11.1 Å². The van der Waals surface area contributed by atoms with Gasteiger partial charge in [-0.25, -0.2) is 0 Å². The van der Waals surface area contributed by atoms with Crippen LogP contribution in [0.25, 0.3) is 0 Å². The number of ether oxygens (including phenoxy) is 2. The van der Waals surface area contributed by atoms with E-state index in [0.717, 1.165) is 13.1 Å². The Balaban J connectivity index is 1.80. The lowest BCUT2D eigenvalue weighted by atomic mass is 10.00. The van der Waals surface area contributed by atoms with Crippen LogP contribution in [0.4, 0.5) is 0 Å². The van der Waals surface area contributed by atoms with Crippen molar-refractivity contribution in [3.63, 3.8) is 0 Å². The molecule has 1 saturated heterocycles. The number of hydrogen-bond donors (Lipinski definition) is 0. The van der Waals surface area contributed by atoms with E-state index >= 15 is 0 Å². The van der Waals surface area contributed by atoms with Crippen LogP contribution in [-0.2, 0) is 27.4 Å². The normalized spacial score (nSPS) is 20.0. The molecule has 27 heavy (non-hydrogen) atoms. The van der Waals surface area contributed by atoms with E-state index < -0.39 is 5.60 Å². The average molecular weight is 367 g/mol. The molecule has 0 radical (unpaired) electrons. The van der Waals surface area contributed by atoms with E-state index in [1.807, 2.05) is 57.2 Å². The third-order valence-corrected chi connectivity index (χ3v) is 4.69. The Morgan fingerprint density at radius 2 is 1.48 bits per heavy atom. The molecule has 144 valence electrons. The Labute approximate surface area is 162 Å². The maximum Gasteiger partial charge on any atom is 0.313 e. The Kier molecular flexibility index (Phi) is 6.30. The first-order valence-electron chi connectivity index (χ1n) is 9.55. The molecule has 0 amide bonds. The topological polar surface area (TPSA) is 38.8 Å². The fourth-order valence-corrected chi connectivity index (χ4v) is 3.43. The fourth-order valence-electron chi connectivity index (χ4n) is 3.43. The quantitative estimate of drug-likeness (QED) is 0.722. The number of benzene rings is 2. The van der Waals surface area contributed by atoms with Gasteiger partial charge in [-0.2, -0.15) is 0 Å². The lowest BCUT2D eigenvalue weighted by Gasteiger charge is -2.32. The maximum atomic E-state index is 12.8. The smallest absolute Gasteiger partial charge is 0.313 e. The molecule has 1 heterocycles. The second-order valence-corrected chi connectivity index (χ2v) is 8.12. The molecule has 0 aliphatic carbocycles. The summed E-state index contributed by atoms with van der Waals surface area (Å²) >= 11 is 0. The molecule has 2 aromatic rings. The van der Waals surface area contributed by atoms with Gasteiger partial charge in [0.2, 0.25) is 0 Å². The summed E-state index contributed by atoms with van der Waals surface area (Å²) < 4.78 is 11.4. The van der Waals surface area contributed by atoms with Gasteiger partial charge in [-0.15, -0.1) is 0 Å². The Morgan fingerprint density at radius 1 is 0.963 bits per heavy atom. The molecule has 3 rings (SSSR count). The lowest BCUT2D eigenvalue weighted by Crippen LogP contribution is -2.44. The summed E-state index contributed by atoms with van der Waals surface area (Å²) in [5.41, 5.74) is 1.96. The van der Waals surface area contributed by atoms with E-state index in [1.54, 1.807) is 0 Å². The monoisotopic (exact) mass is 367 g/mol. The van der Waals surface area contributed by atoms with E-state index in [-0.39, 0.29) is 17.9 Å². The van der Waals surface area contributed by atoms with Gasteiger partial charge in [-0.05, 0) is 31.9 Å². The van der Waals surface area contributed by atoms with Gasteiger partial charge < -0.3 is 9.47 Å². The van der Waals surface area contributed by atoms with Gasteiger partial charge in [0.25, 0.3) is 0 Å². The Morgan fingerprint density at radius 3 is 1.96 bits per heavy atom. The van der Waals surface area contributed by atoms with Crippen LogP contribution in [-0.4, -0.2) is 35.7 Å². The summed E-state index contributed by atoms with van der Waals surface area (Å²) in [6, 6.07) is 20.7. The van der Waals surface area contributed by atoms with Gasteiger partial charge in [0.1, 0.15) is 5.60 Å². The third kappa shape index (κ3) is 5.65. The highest BCUT2D eigenvalue weighted by Gasteiger charge is 2.40. The average Bonchev–Trinajstić information content (AvgIpc) is 3.11. The SMILES string of the molecule is CC(C)(C)OC(=O)[C@@H]1COC[C@@H]1N(Cc1ccccc1)Cc1ccccc1. The van der Waals surface area contributed by atoms with Gasteiger partial charge in [-0.1, -0.05) is 60.7 Å². The van der Waals surface area contributed by atoms with Gasteiger partial charge in [-0.3, -0.25) is 9.69 Å². The lowest BCUT2D eigenvalue weighted by molar-refractivity contribution is -0.161. The first-order valence-corrected chi connectivity index (χ1v) is 9.55. The molecule has 1 aliphatic rings. The van der Waals surface area contributed by atoms with Crippen LogP contribution in [0.5, 0.6) is 0 Å². The minimum atomic E-state index is -0.492. The van der Waals surface area contributed by atoms with Crippen LogP contribution in [0.1, 0.15) is 31.9 Å². The zero-order valence-electron chi connectivity index (χ0n) is 16.4. The van der Waals surface area contributed by atoms with Gasteiger partial charge in [0.05, 0.1) is 19.1 Å². The van der Waals surface area contributed by atoms with Crippen molar-refractivity contribution in [2.75, 3.05) is 13.2 Å². The summed E-state index contributed by atoms with van der Waals surface area (Å²) in [5, 5.41) is 0. The summed E-state index contributed by atoms with van der Waals surface area (Å²) in [6.07, 6.45) is 0. The highest BCUT2D eigenvalue weighted by Crippen LogP contribution is 2.26. The first-order chi connectivity index (χ1) is 12.9. The molecule has 2 aromatic carbocycles. The van der Waals surface area contributed by atoms with Crippen molar-refractivity contribution in [1.29, 1.82) is 0 Å². The molecule has 0 N–H and O–H groups in total. The highest BCUT2D eigenvalue weighted by molar-refractivity contribution is 5.74. The second-order valence-electron chi connectivity index (χ2n) is 8.12. The molecule has 1 fully saturated rings. The number of rotatable bonds is 6. The van der Waals surface area contributed by atoms with Gasteiger partial charge in [0, 0.05) is 19.1 Å². The van der Waals surface area contributed by atoms with E-state index in [4.69, 9.17) is 9.47 Å². The van der Waals surface area contributed by atoms with Crippen molar-refractivity contribution in [2.24, 2.45) is 5.92 Å². The highest BCUT2D eigenvalue weighted by atomic mass is 16.6. The van der Waals surface area contributed by atoms with Crippen LogP contribution < -0.4 is 0 Å². The molecule has 1 aliphatic heterocycles. The molecule has 4 heteroatoms. The zero-order valence-corrected chi connectivity index (χ0v) is 16.4. The summed E-state index contributed by atoms with van der Waals surface area (Å²) in [6.45, 7) is 8.21. The zero-order chi connectivity index (χ0) is 19.3. The van der Waals surface area contributed by atoms with Gasteiger partial charge in [0.15, 0.2) is 0 Å². The van der Waals surface area contributed by atoms with Gasteiger partial charge >= 0.3 is 5.97 Å². The molecule has 0 unspecified atom stereocenters. The standard InChI is InChI=1S/C23H29NO3/c1-23(2,3)27-22(25)20-16-26-17-21(20)24(14-18-10-6-4-7-11-18)15-19-12-8-5-9-13-19/h4-13,20-21H,14-17H2,1-3H3/t20-,21+/m1/s1. The van der Waals surface area contributed by atoms with Crippen molar-refractivity contribution in [1.82, 2.24) is 4.90 Å². The minimum Gasteiger partial charge on any atom is -0.460 e. The van der Waals surface area contributed by atoms with E-state index in [9.17, 15) is 4.79 Å². The predicted molar refractivity (Wildman–Crippen MR) is 106 cm³/mol. The maximum absolute atomic E-state index is 12.8. The summed E-state index contributed by atoms with van der Waals surface area (Å²) in [4.78, 5) is 15.1. The Hall–Kier alpha value is -2.17. The molecule has 4 nitrogen and oxygen atoms in total. The van der Waals surface area contributed by atoms with Crippen LogP contribution in [0.2, 0.25) is 0 Å². The van der Waals surface area contributed by atoms with Crippen molar-refractivity contribution in [3.8, 4) is 0 Å². The molecule has 0 aromatic heterocycles. The number of carbonyl (C=O) groups excluding carboxylic acids is 1. The Bertz CT molecular complexity index is 683. The number of esters is 1. The van der Waals surface area contributed by atoms with Crippen molar-refractivity contribution in [3.05, 3.63) is 71.8 Å². The van der Waals surface area contributed by atoms with Crippen molar-refractivity contribution >= 4 is 5.97 Å². The summed E-state index contributed by atoms with van der Waals surface area (Å²) in [7, 11) is 0. The molecule has 0 saturated carbocycles. The third-order valence-electron chi connectivity index (χ3n) is 4.69. The second kappa shape index (κ2) is 8.68. The minimum absolute atomic E-state index is 0.000243. The van der Waals surface area contributed by atoms with E-state index in [0.29, 0.717) is 13.2 Å². The van der Waals surface area contributed by atoms with Crippen molar-refractivity contribution in [2.45, 2.75) is 45.5 Å². The van der Waals surface area contributed by atoms with Crippen LogP contribution in [0.3, 0.4) is 0 Å². The number of nitrogens with zero attached hydrogens (tertiary/aromatic N) is 1. The van der Waals surface area contributed by atoms with Crippen LogP contribution in [0, 0.1) is 5.92 Å². The first kappa shape index (κ1) is 19.6. The van der Waals surface area contributed by atoms with Crippen molar-refractivity contribution < 1.29 is 14.3 Å². The molecule has 2 atom stereocenters. The van der Waals surface area contributed by atoms with E-state index in [2.05, 4.69) is 29.2 Å². The fraction of sp³-hybridized carbons (Fsp3) is 0.435. The predicted octanol–water partition coefficient (Wildman–Crippen LogP) is 4.05. The molecule has 0 bridgehead atoms. The molecular formula is C23H29NO3. The largest absolute Gasteiger partial charge is 0.460 e. The van der Waals surface area contributed by atoms with Crippen LogP contribution in [0.15, 0.2) is 60.7 Å². The van der Waals surface area contributed by atoms with Crippen LogP contribution >= 0.6 is 0 Å². The summed E-state index contributed by atoms with van der Waals surface area (Å²) in [5.74, 6) is -0.437. The number of carbonyl (C=O) groups is 1. The molecule has 0 spiro atoms. The number of hydrogen-bond acceptors (Lipinski definition) is 4. The molecular weight excluding hydrogens is 338 g/mol.